The Labute approximate surface area is 136 Å². The molecule has 22 heavy (non-hydrogen) atoms. The number of benzene rings is 1. The Morgan fingerprint density at radius 1 is 1.23 bits per heavy atom. The molecule has 0 atom stereocenters. The van der Waals surface area contributed by atoms with Crippen molar-refractivity contribution < 1.29 is 9.50 Å². The maximum atomic E-state index is 13.3. The smallest absolute Gasteiger partial charge is 0.133 e. The van der Waals surface area contributed by atoms with Crippen molar-refractivity contribution >= 4 is 22.7 Å². The van der Waals surface area contributed by atoms with Crippen molar-refractivity contribution in [2.24, 2.45) is 0 Å². The first-order valence-corrected chi connectivity index (χ1v) is 8.53. The number of aromatic nitrogens is 1. The molecule has 0 fully saturated rings. The minimum Gasteiger partial charge on any atom is -0.392 e. The molecule has 1 aromatic carbocycles. The van der Waals surface area contributed by atoms with Gasteiger partial charge < -0.3 is 10.4 Å². The summed E-state index contributed by atoms with van der Waals surface area (Å²) in [4.78, 5) is 6.77. The van der Waals surface area contributed by atoms with Gasteiger partial charge in [0.1, 0.15) is 10.8 Å². The van der Waals surface area contributed by atoms with E-state index in [9.17, 15) is 4.39 Å². The topological polar surface area (TPSA) is 45.1 Å². The molecule has 0 aliphatic rings. The zero-order chi connectivity index (χ0) is 15.4. The lowest BCUT2D eigenvalue weighted by Crippen LogP contribution is -2.12. The fourth-order valence-electron chi connectivity index (χ4n) is 2.09. The number of thiophene rings is 1. The van der Waals surface area contributed by atoms with Gasteiger partial charge in [0.05, 0.1) is 11.5 Å². The Morgan fingerprint density at radius 2 is 2.14 bits per heavy atom. The van der Waals surface area contributed by atoms with Crippen LogP contribution in [0.1, 0.15) is 16.0 Å². The molecule has 0 saturated heterocycles. The molecular formula is C16H15FN2OS2. The molecule has 0 unspecified atom stereocenters. The van der Waals surface area contributed by atoms with E-state index in [2.05, 4.69) is 16.4 Å². The van der Waals surface area contributed by atoms with Crippen molar-refractivity contribution in [2.75, 3.05) is 0 Å². The van der Waals surface area contributed by atoms with Gasteiger partial charge in [0.25, 0.3) is 0 Å². The van der Waals surface area contributed by atoms with Gasteiger partial charge in [-0.05, 0) is 29.1 Å². The lowest BCUT2D eigenvalue weighted by molar-refractivity contribution is 0.275. The second-order valence-electron chi connectivity index (χ2n) is 4.80. The second-order valence-corrected chi connectivity index (χ2v) is 6.86. The summed E-state index contributed by atoms with van der Waals surface area (Å²) in [6.07, 6.45) is 1.89. The molecule has 0 amide bonds. The van der Waals surface area contributed by atoms with Crippen molar-refractivity contribution in [1.82, 2.24) is 10.3 Å². The monoisotopic (exact) mass is 334 g/mol. The molecule has 114 valence electrons. The van der Waals surface area contributed by atoms with E-state index in [0.29, 0.717) is 12.1 Å². The van der Waals surface area contributed by atoms with E-state index in [1.807, 2.05) is 17.6 Å². The highest BCUT2D eigenvalue weighted by Crippen LogP contribution is 2.28. The maximum absolute atomic E-state index is 13.3. The fourth-order valence-corrected chi connectivity index (χ4v) is 3.78. The lowest BCUT2D eigenvalue weighted by Gasteiger charge is -2.06. The summed E-state index contributed by atoms with van der Waals surface area (Å²) in [5.41, 5.74) is 1.28. The molecule has 0 spiro atoms. The molecular weight excluding hydrogens is 319 g/mol. The number of halogens is 1. The van der Waals surface area contributed by atoms with Gasteiger partial charge in [-0.3, -0.25) is 0 Å². The third kappa shape index (κ3) is 3.59. The van der Waals surface area contributed by atoms with Crippen molar-refractivity contribution in [2.45, 2.75) is 19.7 Å². The molecule has 2 aromatic heterocycles. The summed E-state index contributed by atoms with van der Waals surface area (Å²) in [7, 11) is 0. The first kappa shape index (κ1) is 15.3. The summed E-state index contributed by atoms with van der Waals surface area (Å²) in [5.74, 6) is -0.366. The molecule has 6 heteroatoms. The fraction of sp³-hybridized carbons (Fsp3) is 0.188. The van der Waals surface area contributed by atoms with E-state index in [4.69, 9.17) is 5.11 Å². The van der Waals surface area contributed by atoms with E-state index >= 15 is 0 Å². The summed E-state index contributed by atoms with van der Waals surface area (Å²) in [5, 5.41) is 15.5. The van der Waals surface area contributed by atoms with Crippen LogP contribution in [0.4, 0.5) is 4.39 Å². The molecule has 0 aliphatic heterocycles. The Morgan fingerprint density at radius 3 is 2.91 bits per heavy atom. The third-order valence-electron chi connectivity index (χ3n) is 3.19. The van der Waals surface area contributed by atoms with Gasteiger partial charge >= 0.3 is 0 Å². The zero-order valence-electron chi connectivity index (χ0n) is 11.8. The summed E-state index contributed by atoms with van der Waals surface area (Å²) in [6.45, 7) is 1.06. The van der Waals surface area contributed by atoms with Crippen LogP contribution in [0.5, 0.6) is 0 Å². The number of aliphatic hydroxyl groups excluding tert-OH is 1. The molecule has 0 bridgehead atoms. The minimum absolute atomic E-state index is 0.279. The second kappa shape index (κ2) is 7.11. The summed E-state index contributed by atoms with van der Waals surface area (Å²) >= 11 is 3.36. The first-order valence-electron chi connectivity index (χ1n) is 6.83. The third-order valence-corrected chi connectivity index (χ3v) is 5.23. The van der Waals surface area contributed by atoms with Crippen LogP contribution >= 0.6 is 22.7 Å². The van der Waals surface area contributed by atoms with E-state index in [0.717, 1.165) is 22.0 Å². The molecule has 0 saturated carbocycles. The molecule has 2 N–H and O–H groups in total. The lowest BCUT2D eigenvalue weighted by atomic mass is 10.1. The van der Waals surface area contributed by atoms with Gasteiger partial charge in [0, 0.05) is 29.7 Å². The number of rotatable bonds is 6. The summed E-state index contributed by atoms with van der Waals surface area (Å²) in [6, 6.07) is 8.89. The Kier molecular flexibility index (Phi) is 4.94. The van der Waals surface area contributed by atoms with Gasteiger partial charge in [-0.1, -0.05) is 12.1 Å². The Balaban J connectivity index is 1.57. The van der Waals surface area contributed by atoms with Crippen molar-refractivity contribution in [3.05, 3.63) is 63.7 Å². The van der Waals surface area contributed by atoms with E-state index < -0.39 is 0 Å². The SMILES string of the molecule is OCc1cc(CNCc2cnc(-c3cccs3)s2)ccc1F. The first-order chi connectivity index (χ1) is 10.8. The quantitative estimate of drug-likeness (QED) is 0.721. The highest BCUT2D eigenvalue weighted by Gasteiger charge is 2.06. The molecule has 3 rings (SSSR count). The van der Waals surface area contributed by atoms with E-state index in [1.165, 1.54) is 10.9 Å². The molecule has 0 aliphatic carbocycles. The molecule has 3 nitrogen and oxygen atoms in total. The van der Waals surface area contributed by atoms with Crippen LogP contribution in [0.25, 0.3) is 9.88 Å². The van der Waals surface area contributed by atoms with Gasteiger partial charge in [-0.15, -0.1) is 22.7 Å². The predicted molar refractivity (Wildman–Crippen MR) is 88.3 cm³/mol. The van der Waals surface area contributed by atoms with Gasteiger partial charge in [-0.25, -0.2) is 9.37 Å². The number of hydrogen-bond acceptors (Lipinski definition) is 5. The summed E-state index contributed by atoms with van der Waals surface area (Å²) < 4.78 is 13.3. The van der Waals surface area contributed by atoms with Gasteiger partial charge in [0.2, 0.25) is 0 Å². The average molecular weight is 334 g/mol. The van der Waals surface area contributed by atoms with Crippen LogP contribution in [-0.4, -0.2) is 10.1 Å². The highest BCUT2D eigenvalue weighted by molar-refractivity contribution is 7.20. The van der Waals surface area contributed by atoms with Crippen molar-refractivity contribution in [1.29, 1.82) is 0 Å². The van der Waals surface area contributed by atoms with Crippen molar-refractivity contribution in [3.8, 4) is 9.88 Å². The number of thiazole rings is 1. The van der Waals surface area contributed by atoms with Gasteiger partial charge in [-0.2, -0.15) is 0 Å². The number of nitrogens with one attached hydrogen (secondary N) is 1. The highest BCUT2D eigenvalue weighted by atomic mass is 32.1. The predicted octanol–water partition coefficient (Wildman–Crippen LogP) is 3.79. The normalized spacial score (nSPS) is 11.0. The number of aliphatic hydroxyl groups is 1. The van der Waals surface area contributed by atoms with Crippen LogP contribution in [-0.2, 0) is 19.7 Å². The molecule has 2 heterocycles. The van der Waals surface area contributed by atoms with Crippen LogP contribution in [0.2, 0.25) is 0 Å². The Bertz CT molecular complexity index is 740. The van der Waals surface area contributed by atoms with E-state index in [1.54, 1.807) is 34.8 Å². The molecule has 3 aromatic rings. The van der Waals surface area contributed by atoms with E-state index in [-0.39, 0.29) is 12.4 Å². The molecule has 0 radical (unpaired) electrons. The van der Waals surface area contributed by atoms with Gasteiger partial charge in [0.15, 0.2) is 0 Å². The van der Waals surface area contributed by atoms with Crippen LogP contribution < -0.4 is 5.32 Å². The van der Waals surface area contributed by atoms with Crippen LogP contribution in [0.3, 0.4) is 0 Å². The maximum Gasteiger partial charge on any atom is 0.133 e. The minimum atomic E-state index is -0.366. The van der Waals surface area contributed by atoms with Crippen LogP contribution in [0, 0.1) is 5.82 Å². The number of nitrogens with zero attached hydrogens (tertiary/aromatic N) is 1. The average Bonchev–Trinajstić information content (AvgIpc) is 3.19. The van der Waals surface area contributed by atoms with Crippen molar-refractivity contribution in [3.63, 3.8) is 0 Å². The zero-order valence-corrected chi connectivity index (χ0v) is 13.4. The number of hydrogen-bond donors (Lipinski definition) is 2. The standard InChI is InChI=1S/C16H15FN2OS2/c17-14-4-3-11(6-12(14)10-20)7-18-8-13-9-19-16(22-13)15-2-1-5-21-15/h1-6,9,18,20H,7-8,10H2. The van der Waals surface area contributed by atoms with Crippen LogP contribution in [0.15, 0.2) is 41.9 Å². The largest absolute Gasteiger partial charge is 0.392 e. The Hall–Kier alpha value is -1.60.